The molecule has 1 aliphatic rings. The molecule has 1 heterocycles. The van der Waals surface area contributed by atoms with Crippen LogP contribution in [0.3, 0.4) is 0 Å². The van der Waals surface area contributed by atoms with Gasteiger partial charge in [-0.3, -0.25) is 4.79 Å². The van der Waals surface area contributed by atoms with E-state index in [9.17, 15) is 4.79 Å². The highest BCUT2D eigenvalue weighted by Crippen LogP contribution is 2.37. The van der Waals surface area contributed by atoms with E-state index >= 15 is 0 Å². The number of benzene rings is 1. The summed E-state index contributed by atoms with van der Waals surface area (Å²) in [6.45, 7) is 6.60. The zero-order chi connectivity index (χ0) is 15.2. The van der Waals surface area contributed by atoms with Crippen molar-refractivity contribution >= 4 is 5.91 Å². The number of hydrogen-bond donors (Lipinski definition) is 1. The quantitative estimate of drug-likeness (QED) is 0.921. The molecule has 1 amide bonds. The van der Waals surface area contributed by atoms with Crippen molar-refractivity contribution in [1.82, 2.24) is 9.78 Å². The number of aromatic nitrogens is 2. The van der Waals surface area contributed by atoms with Gasteiger partial charge in [-0.2, -0.15) is 5.10 Å². The number of primary amides is 1. The first-order chi connectivity index (χ1) is 9.89. The summed E-state index contributed by atoms with van der Waals surface area (Å²) in [5, 5.41) is 4.68. The van der Waals surface area contributed by atoms with Crippen LogP contribution in [0.2, 0.25) is 0 Å². The number of para-hydroxylation sites is 1. The zero-order valence-electron chi connectivity index (χ0n) is 12.8. The molecule has 0 unspecified atom stereocenters. The molecule has 0 saturated carbocycles. The number of carbonyl (C=O) groups is 1. The van der Waals surface area contributed by atoms with Crippen molar-refractivity contribution in [1.29, 1.82) is 0 Å². The van der Waals surface area contributed by atoms with Crippen LogP contribution in [0.15, 0.2) is 24.3 Å². The Balaban J connectivity index is 2.20. The SMILES string of the molecule is Cc1nn(-c2ccccc2C(N)=O)c2c1CCC(C)(C)C2. The molecule has 4 nitrogen and oxygen atoms in total. The number of fused-ring (bicyclic) bond motifs is 1. The molecule has 110 valence electrons. The van der Waals surface area contributed by atoms with Crippen LogP contribution in [-0.2, 0) is 12.8 Å². The number of nitrogens with zero attached hydrogens (tertiary/aromatic N) is 2. The normalized spacial score (nSPS) is 16.5. The van der Waals surface area contributed by atoms with Gasteiger partial charge in [0, 0.05) is 5.69 Å². The fourth-order valence-corrected chi connectivity index (χ4v) is 3.19. The van der Waals surface area contributed by atoms with E-state index < -0.39 is 5.91 Å². The molecule has 0 saturated heterocycles. The topological polar surface area (TPSA) is 60.9 Å². The van der Waals surface area contributed by atoms with Crippen LogP contribution < -0.4 is 5.73 Å². The second-order valence-corrected chi connectivity index (χ2v) is 6.64. The summed E-state index contributed by atoms with van der Waals surface area (Å²) >= 11 is 0. The van der Waals surface area contributed by atoms with Crippen molar-refractivity contribution < 1.29 is 4.79 Å². The summed E-state index contributed by atoms with van der Waals surface area (Å²) in [5.74, 6) is -0.414. The van der Waals surface area contributed by atoms with Gasteiger partial charge < -0.3 is 5.73 Å². The predicted octanol–water partition coefficient (Wildman–Crippen LogP) is 2.79. The van der Waals surface area contributed by atoms with E-state index in [1.807, 2.05) is 29.8 Å². The molecular formula is C17H21N3O. The lowest BCUT2D eigenvalue weighted by molar-refractivity contribution is 0.1000. The van der Waals surface area contributed by atoms with Crippen LogP contribution in [0.1, 0.15) is 47.6 Å². The molecule has 1 aromatic heterocycles. The molecule has 21 heavy (non-hydrogen) atoms. The van der Waals surface area contributed by atoms with Gasteiger partial charge in [-0.05, 0) is 49.3 Å². The molecule has 4 heteroatoms. The Bertz CT molecular complexity index is 713. The fourth-order valence-electron chi connectivity index (χ4n) is 3.19. The lowest BCUT2D eigenvalue weighted by atomic mass is 9.76. The lowest BCUT2D eigenvalue weighted by Crippen LogP contribution is -2.24. The molecule has 2 N–H and O–H groups in total. The number of amides is 1. The summed E-state index contributed by atoms with van der Waals surface area (Å²) in [6.07, 6.45) is 3.19. The highest BCUT2D eigenvalue weighted by atomic mass is 16.1. The third kappa shape index (κ3) is 2.35. The Labute approximate surface area is 125 Å². The molecule has 0 aliphatic heterocycles. The van der Waals surface area contributed by atoms with Gasteiger partial charge >= 0.3 is 0 Å². The molecule has 0 spiro atoms. The van der Waals surface area contributed by atoms with Gasteiger partial charge in [-0.1, -0.05) is 26.0 Å². The molecular weight excluding hydrogens is 262 g/mol. The average molecular weight is 283 g/mol. The Morgan fingerprint density at radius 1 is 1.33 bits per heavy atom. The van der Waals surface area contributed by atoms with E-state index in [1.165, 1.54) is 17.7 Å². The van der Waals surface area contributed by atoms with Crippen LogP contribution in [-0.4, -0.2) is 15.7 Å². The Kier molecular flexibility index (Phi) is 3.12. The number of aryl methyl sites for hydroxylation is 1. The Morgan fingerprint density at radius 2 is 2.05 bits per heavy atom. The molecule has 2 aromatic rings. The third-order valence-electron chi connectivity index (χ3n) is 4.39. The van der Waals surface area contributed by atoms with Crippen LogP contribution >= 0.6 is 0 Å². The van der Waals surface area contributed by atoms with E-state index in [-0.39, 0.29) is 5.41 Å². The van der Waals surface area contributed by atoms with Crippen LogP contribution in [0.25, 0.3) is 5.69 Å². The van der Waals surface area contributed by atoms with Crippen LogP contribution in [0.5, 0.6) is 0 Å². The monoisotopic (exact) mass is 283 g/mol. The van der Waals surface area contributed by atoms with Crippen LogP contribution in [0, 0.1) is 12.3 Å². The van der Waals surface area contributed by atoms with Gasteiger partial charge in [-0.15, -0.1) is 0 Å². The first-order valence-electron chi connectivity index (χ1n) is 7.36. The molecule has 0 atom stereocenters. The van der Waals surface area contributed by atoms with E-state index in [0.29, 0.717) is 5.56 Å². The molecule has 0 bridgehead atoms. The first-order valence-corrected chi connectivity index (χ1v) is 7.36. The number of carbonyl (C=O) groups excluding carboxylic acids is 1. The lowest BCUT2D eigenvalue weighted by Gasteiger charge is -2.30. The highest BCUT2D eigenvalue weighted by Gasteiger charge is 2.30. The smallest absolute Gasteiger partial charge is 0.250 e. The molecule has 1 aliphatic carbocycles. The largest absolute Gasteiger partial charge is 0.366 e. The van der Waals surface area contributed by atoms with Crippen molar-refractivity contribution in [2.45, 2.75) is 40.0 Å². The third-order valence-corrected chi connectivity index (χ3v) is 4.39. The maximum atomic E-state index is 11.7. The molecule has 0 radical (unpaired) electrons. The minimum absolute atomic E-state index is 0.263. The molecule has 3 rings (SSSR count). The summed E-state index contributed by atoms with van der Waals surface area (Å²) < 4.78 is 1.92. The van der Waals surface area contributed by atoms with Crippen molar-refractivity contribution in [3.63, 3.8) is 0 Å². The van der Waals surface area contributed by atoms with Gasteiger partial charge in [0.15, 0.2) is 0 Å². The summed E-state index contributed by atoms with van der Waals surface area (Å²) in [7, 11) is 0. The van der Waals surface area contributed by atoms with Gasteiger partial charge in [0.2, 0.25) is 0 Å². The van der Waals surface area contributed by atoms with E-state index in [0.717, 1.165) is 24.2 Å². The number of rotatable bonds is 2. The van der Waals surface area contributed by atoms with Gasteiger partial charge in [0.1, 0.15) is 0 Å². The maximum absolute atomic E-state index is 11.7. The highest BCUT2D eigenvalue weighted by molar-refractivity contribution is 5.96. The van der Waals surface area contributed by atoms with E-state index in [4.69, 9.17) is 5.73 Å². The number of hydrogen-bond acceptors (Lipinski definition) is 2. The zero-order valence-corrected chi connectivity index (χ0v) is 12.8. The van der Waals surface area contributed by atoms with Crippen molar-refractivity contribution in [3.05, 3.63) is 46.8 Å². The van der Waals surface area contributed by atoms with Gasteiger partial charge in [0.05, 0.1) is 16.9 Å². The predicted molar refractivity (Wildman–Crippen MR) is 82.6 cm³/mol. The minimum Gasteiger partial charge on any atom is -0.366 e. The summed E-state index contributed by atoms with van der Waals surface area (Å²) in [5.41, 5.74) is 10.7. The summed E-state index contributed by atoms with van der Waals surface area (Å²) in [6, 6.07) is 7.42. The minimum atomic E-state index is -0.414. The second kappa shape index (κ2) is 4.72. The fraction of sp³-hybridized carbons (Fsp3) is 0.412. The maximum Gasteiger partial charge on any atom is 0.250 e. The average Bonchev–Trinajstić information content (AvgIpc) is 2.73. The molecule has 0 fully saturated rings. The van der Waals surface area contributed by atoms with Crippen molar-refractivity contribution in [2.24, 2.45) is 11.1 Å². The standard InChI is InChI=1S/C17H21N3O/c1-11-12-8-9-17(2,3)10-15(12)20(19-11)14-7-5-4-6-13(14)16(18)21/h4-7H,8-10H2,1-3H3,(H2,18,21). The van der Waals surface area contributed by atoms with Crippen LogP contribution in [0.4, 0.5) is 0 Å². The Morgan fingerprint density at radius 3 is 2.76 bits per heavy atom. The van der Waals surface area contributed by atoms with Gasteiger partial charge in [-0.25, -0.2) is 4.68 Å². The number of nitrogens with two attached hydrogens (primary N) is 1. The van der Waals surface area contributed by atoms with Crippen molar-refractivity contribution in [3.8, 4) is 5.69 Å². The first kappa shape index (κ1) is 13.9. The van der Waals surface area contributed by atoms with Gasteiger partial charge in [0.25, 0.3) is 5.91 Å². The second-order valence-electron chi connectivity index (χ2n) is 6.64. The molecule has 1 aromatic carbocycles. The van der Waals surface area contributed by atoms with Crippen molar-refractivity contribution in [2.75, 3.05) is 0 Å². The van der Waals surface area contributed by atoms with E-state index in [2.05, 4.69) is 18.9 Å². The van der Waals surface area contributed by atoms with E-state index in [1.54, 1.807) is 6.07 Å². The Hall–Kier alpha value is -2.10. The summed E-state index contributed by atoms with van der Waals surface area (Å²) in [4.78, 5) is 11.7.